The van der Waals surface area contributed by atoms with E-state index in [1.807, 2.05) is 38.1 Å². The maximum Gasteiger partial charge on any atom is 0.201 e. The molecular formula is C25H28ClN3O2S. The second-order valence-corrected chi connectivity index (χ2v) is 11.0. The summed E-state index contributed by atoms with van der Waals surface area (Å²) < 4.78 is 26.4. The van der Waals surface area contributed by atoms with Crippen molar-refractivity contribution in [3.05, 3.63) is 70.4 Å². The average Bonchev–Trinajstić information content (AvgIpc) is 2.76. The van der Waals surface area contributed by atoms with Crippen LogP contribution in [0.25, 0.3) is 11.3 Å². The van der Waals surface area contributed by atoms with Crippen LogP contribution in [0.5, 0.6) is 0 Å². The fraction of sp³-hybridized carbons (Fsp3) is 0.360. The van der Waals surface area contributed by atoms with Crippen molar-refractivity contribution in [1.29, 1.82) is 0 Å². The van der Waals surface area contributed by atoms with Crippen LogP contribution in [-0.4, -0.2) is 31.5 Å². The molecule has 0 amide bonds. The first-order valence-corrected chi connectivity index (χ1v) is 12.9. The van der Waals surface area contributed by atoms with Gasteiger partial charge in [-0.2, -0.15) is 0 Å². The van der Waals surface area contributed by atoms with Crippen LogP contribution in [0.2, 0.25) is 5.02 Å². The van der Waals surface area contributed by atoms with E-state index in [9.17, 15) is 8.42 Å². The Kier molecular flexibility index (Phi) is 6.54. The van der Waals surface area contributed by atoms with Crippen LogP contribution in [0.4, 0.5) is 5.82 Å². The molecule has 1 fully saturated rings. The zero-order chi connectivity index (χ0) is 22.9. The average molecular weight is 470 g/mol. The molecule has 1 saturated heterocycles. The van der Waals surface area contributed by atoms with Crippen LogP contribution in [0, 0.1) is 19.8 Å². The van der Waals surface area contributed by atoms with Gasteiger partial charge in [0.1, 0.15) is 5.82 Å². The highest BCUT2D eigenvalue weighted by atomic mass is 35.5. The molecular weight excluding hydrogens is 442 g/mol. The lowest BCUT2D eigenvalue weighted by Gasteiger charge is -2.32. The Bertz CT molecular complexity index is 1220. The monoisotopic (exact) mass is 469 g/mol. The minimum atomic E-state index is -3.66. The van der Waals surface area contributed by atoms with Gasteiger partial charge in [0, 0.05) is 18.7 Å². The molecule has 0 aliphatic carbocycles. The van der Waals surface area contributed by atoms with Crippen LogP contribution in [0.1, 0.15) is 36.6 Å². The van der Waals surface area contributed by atoms with Crippen molar-refractivity contribution in [1.82, 2.24) is 9.97 Å². The van der Waals surface area contributed by atoms with Crippen molar-refractivity contribution in [2.24, 2.45) is 5.92 Å². The number of pyridine rings is 2. The molecule has 0 spiro atoms. The number of piperidine rings is 1. The van der Waals surface area contributed by atoms with E-state index >= 15 is 0 Å². The van der Waals surface area contributed by atoms with Gasteiger partial charge in [0.25, 0.3) is 0 Å². The normalized spacial score (nSPS) is 16.9. The van der Waals surface area contributed by atoms with Gasteiger partial charge < -0.3 is 4.90 Å². The van der Waals surface area contributed by atoms with Crippen LogP contribution in [-0.2, 0) is 15.6 Å². The Morgan fingerprint density at radius 3 is 2.47 bits per heavy atom. The first-order valence-electron chi connectivity index (χ1n) is 10.9. The first-order chi connectivity index (χ1) is 15.2. The molecule has 0 N–H and O–H groups in total. The molecule has 0 radical (unpaired) electrons. The quantitative estimate of drug-likeness (QED) is 0.485. The summed E-state index contributed by atoms with van der Waals surface area (Å²) in [6, 6.07) is 14.6. The number of anilines is 1. The Morgan fingerprint density at radius 2 is 1.75 bits per heavy atom. The molecule has 4 rings (SSSR count). The van der Waals surface area contributed by atoms with Gasteiger partial charge in [0.2, 0.25) is 9.84 Å². The lowest BCUT2D eigenvalue weighted by molar-refractivity contribution is 0.444. The fourth-order valence-corrected chi connectivity index (χ4v) is 5.76. The van der Waals surface area contributed by atoms with Gasteiger partial charge in [-0.05, 0) is 68.0 Å². The zero-order valence-electron chi connectivity index (χ0n) is 18.7. The molecule has 0 unspecified atom stereocenters. The van der Waals surface area contributed by atoms with E-state index in [0.717, 1.165) is 42.0 Å². The summed E-state index contributed by atoms with van der Waals surface area (Å²) in [6.07, 6.45) is 2.29. The second kappa shape index (κ2) is 9.20. The third kappa shape index (κ3) is 4.81. The van der Waals surface area contributed by atoms with Gasteiger partial charge >= 0.3 is 0 Å². The third-order valence-corrected chi connectivity index (χ3v) is 7.81. The number of hydrogen-bond donors (Lipinski definition) is 0. The van der Waals surface area contributed by atoms with Crippen molar-refractivity contribution >= 4 is 27.3 Å². The predicted molar refractivity (Wildman–Crippen MR) is 130 cm³/mol. The van der Waals surface area contributed by atoms with Gasteiger partial charge in [-0.3, -0.25) is 4.98 Å². The van der Waals surface area contributed by atoms with E-state index in [2.05, 4.69) is 21.8 Å². The topological polar surface area (TPSA) is 63.2 Å². The van der Waals surface area contributed by atoms with Gasteiger partial charge in [-0.25, -0.2) is 13.4 Å². The van der Waals surface area contributed by atoms with Crippen molar-refractivity contribution in [3.63, 3.8) is 0 Å². The van der Waals surface area contributed by atoms with Gasteiger partial charge in [0.15, 0.2) is 5.03 Å². The van der Waals surface area contributed by atoms with Gasteiger partial charge in [0.05, 0.1) is 22.2 Å². The molecule has 168 valence electrons. The molecule has 1 aliphatic heterocycles. The smallest absolute Gasteiger partial charge is 0.201 e. The standard InChI is InChI=1S/C25H28ClN3O2S/c1-17-7-6-14-29(15-17)22-10-5-11-23(28-22)32(30,31)16-20-12-13-21(26)25(27-20)24-18(2)8-4-9-19(24)3/h4-5,8-13,17H,6-7,14-16H2,1-3H3/t17-/m0/s1. The summed E-state index contributed by atoms with van der Waals surface area (Å²) in [6.45, 7) is 8.01. The molecule has 1 aromatic carbocycles. The maximum atomic E-state index is 13.2. The van der Waals surface area contributed by atoms with E-state index in [1.54, 1.807) is 24.3 Å². The minimum Gasteiger partial charge on any atom is -0.356 e. The molecule has 5 nitrogen and oxygen atoms in total. The number of sulfone groups is 1. The summed E-state index contributed by atoms with van der Waals surface area (Å²) in [5, 5.41) is 0.585. The molecule has 1 atom stereocenters. The Morgan fingerprint density at radius 1 is 1.03 bits per heavy atom. The largest absolute Gasteiger partial charge is 0.356 e. The molecule has 32 heavy (non-hydrogen) atoms. The third-order valence-electron chi connectivity index (χ3n) is 5.97. The summed E-state index contributed by atoms with van der Waals surface area (Å²) in [4.78, 5) is 11.3. The van der Waals surface area contributed by atoms with E-state index in [1.165, 1.54) is 6.42 Å². The van der Waals surface area contributed by atoms with Gasteiger partial charge in [-0.1, -0.05) is 42.8 Å². The summed E-state index contributed by atoms with van der Waals surface area (Å²) in [7, 11) is -3.66. The number of aromatic nitrogens is 2. The first kappa shape index (κ1) is 22.7. The number of hydrogen-bond acceptors (Lipinski definition) is 5. The fourth-order valence-electron chi connectivity index (χ4n) is 4.35. The highest BCUT2D eigenvalue weighted by molar-refractivity contribution is 7.90. The van der Waals surface area contributed by atoms with Gasteiger partial charge in [-0.15, -0.1) is 0 Å². The maximum absolute atomic E-state index is 13.2. The number of aryl methyl sites for hydroxylation is 2. The molecule has 1 aliphatic rings. The molecule has 0 saturated carbocycles. The highest BCUT2D eigenvalue weighted by Crippen LogP contribution is 2.32. The Hall–Kier alpha value is -2.44. The summed E-state index contributed by atoms with van der Waals surface area (Å²) >= 11 is 6.45. The number of nitrogens with zero attached hydrogens (tertiary/aromatic N) is 3. The van der Waals surface area contributed by atoms with Crippen LogP contribution >= 0.6 is 11.6 Å². The van der Waals surface area contributed by atoms with Crippen LogP contribution in [0.3, 0.4) is 0 Å². The van der Waals surface area contributed by atoms with Crippen LogP contribution in [0.15, 0.2) is 53.6 Å². The second-order valence-electron chi connectivity index (χ2n) is 8.69. The van der Waals surface area contributed by atoms with Crippen molar-refractivity contribution in [2.75, 3.05) is 18.0 Å². The molecule has 2 aromatic heterocycles. The molecule has 0 bridgehead atoms. The van der Waals surface area contributed by atoms with Crippen molar-refractivity contribution < 1.29 is 8.42 Å². The van der Waals surface area contributed by atoms with Crippen LogP contribution < -0.4 is 4.90 Å². The predicted octanol–water partition coefficient (Wildman–Crippen LogP) is 5.62. The zero-order valence-corrected chi connectivity index (χ0v) is 20.2. The van der Waals surface area contributed by atoms with Crippen molar-refractivity contribution in [2.45, 2.75) is 44.4 Å². The summed E-state index contributed by atoms with van der Waals surface area (Å²) in [5.74, 6) is 1.07. The van der Waals surface area contributed by atoms with E-state index in [-0.39, 0.29) is 10.8 Å². The lowest BCUT2D eigenvalue weighted by Crippen LogP contribution is -2.35. The SMILES string of the molecule is Cc1cccc(C)c1-c1nc(CS(=O)(=O)c2cccc(N3CCC[C@H](C)C3)n2)ccc1Cl. The number of benzene rings is 1. The molecule has 3 heterocycles. The van der Waals surface area contributed by atoms with E-state index in [0.29, 0.717) is 22.3 Å². The Labute approximate surface area is 195 Å². The minimum absolute atomic E-state index is 0.0820. The lowest BCUT2D eigenvalue weighted by atomic mass is 9.99. The summed E-state index contributed by atoms with van der Waals surface area (Å²) in [5.41, 5.74) is 4.09. The number of rotatable bonds is 5. The number of halogens is 1. The van der Waals surface area contributed by atoms with Crippen molar-refractivity contribution in [3.8, 4) is 11.3 Å². The van der Waals surface area contributed by atoms with E-state index in [4.69, 9.17) is 11.6 Å². The van der Waals surface area contributed by atoms with E-state index < -0.39 is 9.84 Å². The molecule has 7 heteroatoms. The highest BCUT2D eigenvalue weighted by Gasteiger charge is 2.23. The molecule has 3 aromatic rings. The Balaban J connectivity index is 1.64.